The van der Waals surface area contributed by atoms with Crippen LogP contribution in [0.1, 0.15) is 45.6 Å². The number of rotatable bonds is 6. The molecule has 0 aromatic heterocycles. The monoisotopic (exact) mass is 369 g/mol. The SMILES string of the molecule is CCCC[N+]1=C(CC=Nc2ccccc2)C(C)(C)c2c1ccc1ccccc21. The first-order valence-electron chi connectivity index (χ1n) is 10.4. The molecule has 142 valence electrons. The fourth-order valence-corrected chi connectivity index (χ4v) is 4.46. The van der Waals surface area contributed by atoms with Gasteiger partial charge in [0, 0.05) is 24.3 Å². The summed E-state index contributed by atoms with van der Waals surface area (Å²) in [5, 5.41) is 2.70. The van der Waals surface area contributed by atoms with E-state index in [2.05, 4.69) is 80.1 Å². The maximum absolute atomic E-state index is 4.70. The molecule has 2 nitrogen and oxygen atoms in total. The lowest BCUT2D eigenvalue weighted by atomic mass is 9.78. The van der Waals surface area contributed by atoms with E-state index in [1.54, 1.807) is 0 Å². The molecule has 0 fully saturated rings. The van der Waals surface area contributed by atoms with Gasteiger partial charge in [-0.3, -0.25) is 4.99 Å². The van der Waals surface area contributed by atoms with E-state index < -0.39 is 0 Å². The maximum Gasteiger partial charge on any atom is 0.210 e. The minimum atomic E-state index is -0.00730. The average Bonchev–Trinajstić information content (AvgIpc) is 2.94. The molecule has 0 saturated carbocycles. The number of hydrogen-bond acceptors (Lipinski definition) is 1. The lowest BCUT2D eigenvalue weighted by Crippen LogP contribution is -2.30. The van der Waals surface area contributed by atoms with Gasteiger partial charge in [-0.05, 0) is 42.8 Å². The van der Waals surface area contributed by atoms with Crippen LogP contribution in [-0.2, 0) is 5.41 Å². The van der Waals surface area contributed by atoms with Crippen LogP contribution in [0.5, 0.6) is 0 Å². The fourth-order valence-electron chi connectivity index (χ4n) is 4.46. The molecule has 0 N–H and O–H groups in total. The Labute approximate surface area is 168 Å². The van der Waals surface area contributed by atoms with Crippen LogP contribution >= 0.6 is 0 Å². The van der Waals surface area contributed by atoms with Gasteiger partial charge in [0.2, 0.25) is 5.69 Å². The second-order valence-corrected chi connectivity index (χ2v) is 8.11. The number of hydrogen-bond donors (Lipinski definition) is 0. The summed E-state index contributed by atoms with van der Waals surface area (Å²) < 4.78 is 2.56. The topological polar surface area (TPSA) is 15.4 Å². The quantitative estimate of drug-likeness (QED) is 0.335. The number of aliphatic imine (C=N–C) groups is 1. The van der Waals surface area contributed by atoms with Crippen LogP contribution in [0.3, 0.4) is 0 Å². The largest absolute Gasteiger partial charge is 0.261 e. The van der Waals surface area contributed by atoms with E-state index in [0.717, 1.165) is 18.7 Å². The van der Waals surface area contributed by atoms with Gasteiger partial charge < -0.3 is 0 Å². The lowest BCUT2D eigenvalue weighted by molar-refractivity contribution is -0.440. The highest BCUT2D eigenvalue weighted by Gasteiger charge is 2.45. The lowest BCUT2D eigenvalue weighted by Gasteiger charge is -2.18. The molecule has 0 atom stereocenters. The van der Waals surface area contributed by atoms with Gasteiger partial charge in [0.1, 0.15) is 6.54 Å². The predicted octanol–water partition coefficient (Wildman–Crippen LogP) is 6.81. The van der Waals surface area contributed by atoms with Gasteiger partial charge in [-0.2, -0.15) is 4.58 Å². The van der Waals surface area contributed by atoms with E-state index in [1.165, 1.54) is 40.6 Å². The van der Waals surface area contributed by atoms with Crippen LogP contribution < -0.4 is 0 Å². The zero-order chi connectivity index (χ0) is 19.6. The third-order valence-corrected chi connectivity index (χ3v) is 5.89. The van der Waals surface area contributed by atoms with Gasteiger partial charge >= 0.3 is 0 Å². The van der Waals surface area contributed by atoms with Crippen LogP contribution in [0.2, 0.25) is 0 Å². The van der Waals surface area contributed by atoms with Crippen molar-refractivity contribution in [1.82, 2.24) is 0 Å². The number of nitrogens with zero attached hydrogens (tertiary/aromatic N) is 2. The Balaban J connectivity index is 1.77. The zero-order valence-corrected chi connectivity index (χ0v) is 17.2. The van der Waals surface area contributed by atoms with Gasteiger partial charge in [-0.15, -0.1) is 0 Å². The Morgan fingerprint density at radius 1 is 0.929 bits per heavy atom. The second-order valence-electron chi connectivity index (χ2n) is 8.11. The summed E-state index contributed by atoms with van der Waals surface area (Å²) in [5.41, 5.74) is 5.30. The van der Waals surface area contributed by atoms with Crippen molar-refractivity contribution in [1.29, 1.82) is 0 Å². The molecular formula is C26H29N2+. The van der Waals surface area contributed by atoms with Crippen molar-refractivity contribution < 1.29 is 4.58 Å². The fraction of sp³-hybridized carbons (Fsp3) is 0.308. The Bertz CT molecular complexity index is 1040. The number of benzene rings is 3. The van der Waals surface area contributed by atoms with E-state index in [4.69, 9.17) is 4.99 Å². The minimum Gasteiger partial charge on any atom is -0.261 e. The summed E-state index contributed by atoms with van der Waals surface area (Å²) >= 11 is 0. The van der Waals surface area contributed by atoms with E-state index in [9.17, 15) is 0 Å². The van der Waals surface area contributed by atoms with Crippen LogP contribution in [0, 0.1) is 0 Å². The van der Waals surface area contributed by atoms with Crippen molar-refractivity contribution in [2.75, 3.05) is 6.54 Å². The molecule has 0 radical (unpaired) electrons. The summed E-state index contributed by atoms with van der Waals surface area (Å²) in [7, 11) is 0. The van der Waals surface area contributed by atoms with Crippen LogP contribution in [0.25, 0.3) is 10.8 Å². The van der Waals surface area contributed by atoms with Crippen molar-refractivity contribution in [3.63, 3.8) is 0 Å². The molecule has 28 heavy (non-hydrogen) atoms. The summed E-state index contributed by atoms with van der Waals surface area (Å²) in [4.78, 5) is 4.70. The van der Waals surface area contributed by atoms with Crippen LogP contribution in [-0.4, -0.2) is 23.0 Å². The Kier molecular flexibility index (Phi) is 5.13. The molecule has 4 rings (SSSR count). The molecular weight excluding hydrogens is 340 g/mol. The van der Waals surface area contributed by atoms with Gasteiger partial charge in [-0.25, -0.2) is 0 Å². The summed E-state index contributed by atoms with van der Waals surface area (Å²) in [5.74, 6) is 0. The van der Waals surface area contributed by atoms with Crippen LogP contribution in [0.15, 0.2) is 71.7 Å². The molecule has 1 aliphatic rings. The second kappa shape index (κ2) is 7.71. The number of fused-ring (bicyclic) bond motifs is 3. The summed E-state index contributed by atoms with van der Waals surface area (Å²) in [6.45, 7) is 8.07. The minimum absolute atomic E-state index is 0.00730. The van der Waals surface area contributed by atoms with Gasteiger partial charge in [-0.1, -0.05) is 55.8 Å². The maximum atomic E-state index is 4.70. The Morgan fingerprint density at radius 2 is 1.68 bits per heavy atom. The summed E-state index contributed by atoms with van der Waals surface area (Å²) in [6.07, 6.45) is 5.35. The van der Waals surface area contributed by atoms with E-state index >= 15 is 0 Å². The molecule has 0 saturated heterocycles. The molecule has 1 aliphatic heterocycles. The van der Waals surface area contributed by atoms with E-state index in [0.29, 0.717) is 0 Å². The summed E-state index contributed by atoms with van der Waals surface area (Å²) in [6, 6.07) is 23.6. The highest BCUT2D eigenvalue weighted by Crippen LogP contribution is 2.44. The van der Waals surface area contributed by atoms with Gasteiger partial charge in [0.25, 0.3) is 0 Å². The molecule has 1 heterocycles. The first-order valence-corrected chi connectivity index (χ1v) is 10.4. The third-order valence-electron chi connectivity index (χ3n) is 5.89. The van der Waals surface area contributed by atoms with Gasteiger partial charge in [0.15, 0.2) is 5.71 Å². The van der Waals surface area contributed by atoms with Crippen molar-refractivity contribution in [2.24, 2.45) is 4.99 Å². The first-order chi connectivity index (χ1) is 13.6. The zero-order valence-electron chi connectivity index (χ0n) is 17.2. The van der Waals surface area contributed by atoms with Crippen LogP contribution in [0.4, 0.5) is 11.4 Å². The average molecular weight is 370 g/mol. The smallest absolute Gasteiger partial charge is 0.210 e. The molecule has 2 heteroatoms. The van der Waals surface area contributed by atoms with Crippen molar-refractivity contribution >= 4 is 34.1 Å². The molecule has 0 bridgehead atoms. The molecule has 0 aliphatic carbocycles. The third kappa shape index (κ3) is 3.28. The highest BCUT2D eigenvalue weighted by molar-refractivity contribution is 6.06. The van der Waals surface area contributed by atoms with Crippen molar-refractivity contribution in [3.8, 4) is 0 Å². The number of para-hydroxylation sites is 1. The van der Waals surface area contributed by atoms with E-state index in [-0.39, 0.29) is 5.41 Å². The van der Waals surface area contributed by atoms with Gasteiger partial charge in [0.05, 0.1) is 17.5 Å². The molecule has 0 unspecified atom stereocenters. The molecule has 3 aromatic rings. The van der Waals surface area contributed by atoms with Crippen molar-refractivity contribution in [2.45, 2.75) is 45.4 Å². The number of unbranched alkanes of at least 4 members (excludes halogenated alkanes) is 1. The van der Waals surface area contributed by atoms with E-state index in [1.807, 2.05) is 18.2 Å². The molecule has 0 spiro atoms. The van der Waals surface area contributed by atoms with Crippen molar-refractivity contribution in [3.05, 3.63) is 72.3 Å². The highest BCUT2D eigenvalue weighted by atomic mass is 15.1. The predicted molar refractivity (Wildman–Crippen MR) is 121 cm³/mol. The Morgan fingerprint density at radius 3 is 2.46 bits per heavy atom. The standard InChI is InChI=1S/C26H29N2/c1-4-5-19-28-23-16-15-20-11-9-10-14-22(20)25(23)26(2,3)24(28)17-18-27-21-12-7-6-8-13-21/h6-16,18H,4-5,17,19H2,1-3H3/q+1. The molecule has 0 amide bonds. The normalized spacial score (nSPS) is 15.5. The molecule has 3 aromatic carbocycles. The Hall–Kier alpha value is -2.74. The first kappa shape index (κ1) is 18.6.